The summed E-state index contributed by atoms with van der Waals surface area (Å²) in [6.45, 7) is 1.44. The molecule has 1 aromatic carbocycles. The van der Waals surface area contributed by atoms with Gasteiger partial charge in [-0.1, -0.05) is 18.2 Å². The van der Waals surface area contributed by atoms with Crippen molar-refractivity contribution in [3.63, 3.8) is 0 Å². The number of hydrogen-bond donors (Lipinski definition) is 1. The average molecular weight is 302 g/mol. The number of rotatable bonds is 7. The molecule has 0 saturated carbocycles. The number of anilines is 1. The van der Waals surface area contributed by atoms with Gasteiger partial charge in [0.15, 0.2) is 5.75 Å². The number of aromatic nitrogens is 1. The van der Waals surface area contributed by atoms with E-state index < -0.39 is 6.09 Å². The highest BCUT2D eigenvalue weighted by atomic mass is 16.6. The molecule has 0 saturated heterocycles. The second-order valence-corrected chi connectivity index (χ2v) is 4.41. The van der Waals surface area contributed by atoms with Crippen molar-refractivity contribution in [3.05, 3.63) is 54.4 Å². The summed E-state index contributed by atoms with van der Waals surface area (Å²) in [6.07, 6.45) is 0.927. The summed E-state index contributed by atoms with van der Waals surface area (Å²) >= 11 is 0. The number of benzene rings is 1. The Labute approximate surface area is 129 Å². The first-order chi connectivity index (χ1) is 10.8. The minimum atomic E-state index is -0.558. The number of nitrogens with one attached hydrogen (secondary N) is 1. The maximum atomic E-state index is 11.7. The topological polar surface area (TPSA) is 69.7 Å². The zero-order valence-electron chi connectivity index (χ0n) is 12.3. The van der Waals surface area contributed by atoms with Crippen LogP contribution in [0.2, 0.25) is 0 Å². The van der Waals surface area contributed by atoms with Gasteiger partial charge in [-0.25, -0.2) is 4.79 Å². The number of para-hydroxylation sites is 1. The summed E-state index contributed by atoms with van der Waals surface area (Å²) in [5.41, 5.74) is 1.43. The Bertz CT molecular complexity index is 572. The highest BCUT2D eigenvalue weighted by molar-refractivity contribution is 5.86. The predicted octanol–water partition coefficient (Wildman–Crippen LogP) is 2.86. The fourth-order valence-corrected chi connectivity index (χ4v) is 1.65. The third kappa shape index (κ3) is 5.51. The Balaban J connectivity index is 1.79. The molecular formula is C16H18N2O4. The van der Waals surface area contributed by atoms with Crippen molar-refractivity contribution in [1.29, 1.82) is 0 Å². The van der Waals surface area contributed by atoms with E-state index in [1.807, 2.05) is 18.2 Å². The highest BCUT2D eigenvalue weighted by Crippen LogP contribution is 2.12. The van der Waals surface area contributed by atoms with Gasteiger partial charge in [0.2, 0.25) is 0 Å². The monoisotopic (exact) mass is 302 g/mol. The standard InChI is InChI=1S/C16H18N2O4/c1-20-9-10-21-12-14-7-8-15(11-17-14)22-16(19)18-13-5-3-2-4-6-13/h2-8,11H,9-10,12H2,1H3,(H,18,19). The SMILES string of the molecule is COCCOCc1ccc(OC(=O)Nc2ccccc2)cn1. The lowest BCUT2D eigenvalue weighted by atomic mass is 10.3. The third-order valence-electron chi connectivity index (χ3n) is 2.71. The Kier molecular flexibility index (Phi) is 6.35. The minimum absolute atomic E-state index is 0.370. The summed E-state index contributed by atoms with van der Waals surface area (Å²) in [6, 6.07) is 12.5. The molecule has 0 fully saturated rings. The molecule has 0 atom stereocenters. The molecule has 0 aliphatic carbocycles. The molecule has 1 N–H and O–H groups in total. The first-order valence-corrected chi connectivity index (χ1v) is 6.83. The first kappa shape index (κ1) is 15.9. The molecule has 6 heteroatoms. The van der Waals surface area contributed by atoms with Crippen molar-refractivity contribution in [2.24, 2.45) is 0 Å². The van der Waals surface area contributed by atoms with Gasteiger partial charge in [-0.3, -0.25) is 10.3 Å². The number of pyridine rings is 1. The second-order valence-electron chi connectivity index (χ2n) is 4.41. The molecule has 22 heavy (non-hydrogen) atoms. The van der Waals surface area contributed by atoms with E-state index in [2.05, 4.69) is 10.3 Å². The number of carbonyl (C=O) groups excluding carboxylic acids is 1. The third-order valence-corrected chi connectivity index (χ3v) is 2.71. The average Bonchev–Trinajstić information content (AvgIpc) is 2.54. The van der Waals surface area contributed by atoms with Crippen LogP contribution in [0, 0.1) is 0 Å². The van der Waals surface area contributed by atoms with Gasteiger partial charge in [0.1, 0.15) is 0 Å². The van der Waals surface area contributed by atoms with E-state index in [1.54, 1.807) is 31.4 Å². The molecular weight excluding hydrogens is 284 g/mol. The van der Waals surface area contributed by atoms with Crippen molar-refractivity contribution in [1.82, 2.24) is 4.98 Å². The van der Waals surface area contributed by atoms with Crippen LogP contribution in [0.4, 0.5) is 10.5 Å². The number of carbonyl (C=O) groups is 1. The van der Waals surface area contributed by atoms with E-state index in [4.69, 9.17) is 14.2 Å². The maximum Gasteiger partial charge on any atom is 0.417 e. The largest absolute Gasteiger partial charge is 0.417 e. The van der Waals surface area contributed by atoms with Gasteiger partial charge in [0, 0.05) is 12.8 Å². The van der Waals surface area contributed by atoms with Gasteiger partial charge in [-0.15, -0.1) is 0 Å². The van der Waals surface area contributed by atoms with Crippen molar-refractivity contribution < 1.29 is 19.0 Å². The quantitative estimate of drug-likeness (QED) is 0.796. The lowest BCUT2D eigenvalue weighted by Gasteiger charge is -2.07. The summed E-state index contributed by atoms with van der Waals surface area (Å²) < 4.78 is 15.4. The van der Waals surface area contributed by atoms with Crippen LogP contribution < -0.4 is 10.1 Å². The van der Waals surface area contributed by atoms with E-state index in [9.17, 15) is 4.79 Å². The number of methoxy groups -OCH3 is 1. The number of ether oxygens (including phenoxy) is 3. The van der Waals surface area contributed by atoms with Crippen LogP contribution in [0.15, 0.2) is 48.7 Å². The summed E-state index contributed by atoms with van der Waals surface area (Å²) in [5.74, 6) is 0.370. The van der Waals surface area contributed by atoms with Gasteiger partial charge in [0.05, 0.1) is 31.7 Å². The van der Waals surface area contributed by atoms with Crippen LogP contribution in [0.3, 0.4) is 0 Å². The fraction of sp³-hybridized carbons (Fsp3) is 0.250. The predicted molar refractivity (Wildman–Crippen MR) is 81.9 cm³/mol. The van der Waals surface area contributed by atoms with Crippen LogP contribution in [0.1, 0.15) is 5.69 Å². The van der Waals surface area contributed by atoms with E-state index in [1.165, 1.54) is 6.20 Å². The van der Waals surface area contributed by atoms with E-state index >= 15 is 0 Å². The molecule has 0 spiro atoms. The van der Waals surface area contributed by atoms with Crippen LogP contribution in [0.25, 0.3) is 0 Å². The Morgan fingerprint density at radius 3 is 2.64 bits per heavy atom. The molecule has 1 aromatic heterocycles. The number of hydrogen-bond acceptors (Lipinski definition) is 5. The fourth-order valence-electron chi connectivity index (χ4n) is 1.65. The lowest BCUT2D eigenvalue weighted by molar-refractivity contribution is 0.0602. The van der Waals surface area contributed by atoms with Crippen LogP contribution in [0.5, 0.6) is 5.75 Å². The highest BCUT2D eigenvalue weighted by Gasteiger charge is 2.05. The Hall–Kier alpha value is -2.44. The molecule has 0 bridgehead atoms. The zero-order chi connectivity index (χ0) is 15.6. The van der Waals surface area contributed by atoms with Crippen molar-refractivity contribution in [2.75, 3.05) is 25.6 Å². The Morgan fingerprint density at radius 2 is 1.95 bits per heavy atom. The maximum absolute atomic E-state index is 11.7. The zero-order valence-corrected chi connectivity index (χ0v) is 12.3. The van der Waals surface area contributed by atoms with Gasteiger partial charge >= 0.3 is 6.09 Å². The van der Waals surface area contributed by atoms with Gasteiger partial charge in [-0.05, 0) is 24.3 Å². The van der Waals surface area contributed by atoms with Gasteiger partial charge in [-0.2, -0.15) is 0 Å². The van der Waals surface area contributed by atoms with E-state index in [0.717, 1.165) is 5.69 Å². The molecule has 0 unspecified atom stereocenters. The summed E-state index contributed by atoms with van der Waals surface area (Å²) in [7, 11) is 1.62. The number of nitrogens with zero attached hydrogens (tertiary/aromatic N) is 1. The van der Waals surface area contributed by atoms with Crippen molar-refractivity contribution in [2.45, 2.75) is 6.61 Å². The molecule has 2 aromatic rings. The van der Waals surface area contributed by atoms with Crippen molar-refractivity contribution in [3.8, 4) is 5.75 Å². The van der Waals surface area contributed by atoms with Crippen LogP contribution >= 0.6 is 0 Å². The van der Waals surface area contributed by atoms with E-state index in [-0.39, 0.29) is 0 Å². The molecule has 0 radical (unpaired) electrons. The molecule has 0 aliphatic rings. The van der Waals surface area contributed by atoms with Crippen molar-refractivity contribution >= 4 is 11.8 Å². The van der Waals surface area contributed by atoms with Crippen LogP contribution in [-0.2, 0) is 16.1 Å². The molecule has 6 nitrogen and oxygen atoms in total. The lowest BCUT2D eigenvalue weighted by Crippen LogP contribution is -2.16. The van der Waals surface area contributed by atoms with Gasteiger partial charge in [0.25, 0.3) is 0 Å². The summed E-state index contributed by atoms with van der Waals surface area (Å²) in [4.78, 5) is 15.9. The van der Waals surface area contributed by atoms with E-state index in [0.29, 0.717) is 31.3 Å². The smallest absolute Gasteiger partial charge is 0.408 e. The van der Waals surface area contributed by atoms with Gasteiger partial charge < -0.3 is 14.2 Å². The van der Waals surface area contributed by atoms with Crippen LogP contribution in [-0.4, -0.2) is 31.4 Å². The normalized spacial score (nSPS) is 10.2. The molecule has 0 aliphatic heterocycles. The molecule has 2 rings (SSSR count). The second kappa shape index (κ2) is 8.76. The minimum Gasteiger partial charge on any atom is -0.408 e. The number of amides is 1. The first-order valence-electron chi connectivity index (χ1n) is 6.83. The molecule has 1 heterocycles. The molecule has 1 amide bonds. The summed E-state index contributed by atoms with van der Waals surface area (Å²) in [5, 5.41) is 2.63. The molecule has 116 valence electrons. The Morgan fingerprint density at radius 1 is 1.14 bits per heavy atom.